The molecule has 6 heteroatoms. The smallest absolute Gasteiger partial charge is 0.296 e. The van der Waals surface area contributed by atoms with Gasteiger partial charge in [-0.2, -0.15) is 4.98 Å². The topological polar surface area (TPSA) is 93.2 Å². The molecule has 1 amide bonds. The summed E-state index contributed by atoms with van der Waals surface area (Å²) in [6.45, 7) is 1.78. The molecular formula is C13H16N4O2. The first-order valence-corrected chi connectivity index (χ1v) is 6.35. The second-order valence-corrected chi connectivity index (χ2v) is 4.90. The third-order valence-electron chi connectivity index (χ3n) is 3.07. The molecule has 0 saturated heterocycles. The Labute approximate surface area is 110 Å². The van der Waals surface area contributed by atoms with Gasteiger partial charge in [0.1, 0.15) is 11.6 Å². The minimum Gasteiger partial charge on any atom is -0.423 e. The largest absolute Gasteiger partial charge is 0.423 e. The van der Waals surface area contributed by atoms with E-state index in [9.17, 15) is 4.79 Å². The van der Waals surface area contributed by atoms with E-state index in [-0.39, 0.29) is 11.9 Å². The van der Waals surface area contributed by atoms with Crippen LogP contribution in [0.4, 0.5) is 11.7 Å². The van der Waals surface area contributed by atoms with E-state index in [4.69, 9.17) is 10.2 Å². The molecule has 4 N–H and O–H groups in total. The van der Waals surface area contributed by atoms with Crippen LogP contribution in [0.1, 0.15) is 19.8 Å². The summed E-state index contributed by atoms with van der Waals surface area (Å²) in [5, 5.41) is 5.88. The minimum atomic E-state index is -0.383. The standard InChI is InChI=1S/C13H16N4O2/c1-7(12(18)16-9-3-4-9)15-13-17-10-5-2-8(14)6-11(10)19-13/h2,5-7,9H,3-4,14H2,1H3,(H,15,17)(H,16,18). The van der Waals surface area contributed by atoms with Crippen molar-refractivity contribution in [3.8, 4) is 0 Å². The van der Waals surface area contributed by atoms with Crippen LogP contribution < -0.4 is 16.4 Å². The number of anilines is 2. The van der Waals surface area contributed by atoms with E-state index in [1.807, 2.05) is 0 Å². The first kappa shape index (κ1) is 11.8. The average molecular weight is 260 g/mol. The van der Waals surface area contributed by atoms with Crippen LogP contribution in [0.15, 0.2) is 22.6 Å². The average Bonchev–Trinajstić information content (AvgIpc) is 3.08. The summed E-state index contributed by atoms with van der Waals surface area (Å²) in [4.78, 5) is 16.1. The van der Waals surface area contributed by atoms with Crippen LogP contribution in [0.5, 0.6) is 0 Å². The molecule has 1 heterocycles. The van der Waals surface area contributed by atoms with Crippen molar-refractivity contribution in [1.29, 1.82) is 0 Å². The lowest BCUT2D eigenvalue weighted by Gasteiger charge is -2.11. The van der Waals surface area contributed by atoms with Gasteiger partial charge < -0.3 is 20.8 Å². The maximum Gasteiger partial charge on any atom is 0.296 e. The number of hydrogen-bond donors (Lipinski definition) is 3. The van der Waals surface area contributed by atoms with Gasteiger partial charge in [-0.1, -0.05) is 0 Å². The number of oxazole rings is 1. The molecule has 0 bridgehead atoms. The molecule has 0 aliphatic heterocycles. The van der Waals surface area contributed by atoms with Gasteiger partial charge in [0.05, 0.1) is 0 Å². The molecule has 1 atom stereocenters. The number of carbonyl (C=O) groups excluding carboxylic acids is 1. The molecule has 3 rings (SSSR count). The number of carbonyl (C=O) groups is 1. The third-order valence-corrected chi connectivity index (χ3v) is 3.07. The Morgan fingerprint density at radius 2 is 2.32 bits per heavy atom. The molecular weight excluding hydrogens is 244 g/mol. The highest BCUT2D eigenvalue weighted by atomic mass is 16.4. The maximum absolute atomic E-state index is 11.8. The molecule has 1 aliphatic rings. The molecule has 2 aromatic rings. The summed E-state index contributed by atoms with van der Waals surface area (Å²) >= 11 is 0. The predicted octanol–water partition coefficient (Wildman–Crippen LogP) is 1.49. The molecule has 1 aromatic carbocycles. The van der Waals surface area contributed by atoms with Crippen molar-refractivity contribution in [3.05, 3.63) is 18.2 Å². The van der Waals surface area contributed by atoms with Crippen molar-refractivity contribution in [2.24, 2.45) is 0 Å². The third kappa shape index (κ3) is 2.62. The Kier molecular flexibility index (Phi) is 2.77. The van der Waals surface area contributed by atoms with E-state index >= 15 is 0 Å². The van der Waals surface area contributed by atoms with Gasteiger partial charge in [-0.15, -0.1) is 0 Å². The van der Waals surface area contributed by atoms with Crippen LogP contribution >= 0.6 is 0 Å². The lowest BCUT2D eigenvalue weighted by molar-refractivity contribution is -0.121. The molecule has 1 fully saturated rings. The van der Waals surface area contributed by atoms with E-state index in [1.165, 1.54) is 0 Å². The number of nitrogen functional groups attached to an aromatic ring is 1. The van der Waals surface area contributed by atoms with Crippen LogP contribution in [0, 0.1) is 0 Å². The lowest BCUT2D eigenvalue weighted by atomic mass is 10.3. The Balaban J connectivity index is 1.71. The van der Waals surface area contributed by atoms with Gasteiger partial charge in [-0.25, -0.2) is 0 Å². The number of nitrogens with zero attached hydrogens (tertiary/aromatic N) is 1. The SMILES string of the molecule is CC(Nc1nc2ccc(N)cc2o1)C(=O)NC1CC1. The van der Waals surface area contributed by atoms with E-state index < -0.39 is 0 Å². The maximum atomic E-state index is 11.8. The summed E-state index contributed by atoms with van der Waals surface area (Å²) < 4.78 is 5.51. The summed E-state index contributed by atoms with van der Waals surface area (Å²) in [5.74, 6) is -0.0377. The van der Waals surface area contributed by atoms with E-state index in [1.54, 1.807) is 25.1 Å². The summed E-state index contributed by atoms with van der Waals surface area (Å²) in [5.41, 5.74) is 7.62. The minimum absolute atomic E-state index is 0.0377. The Morgan fingerprint density at radius 3 is 3.05 bits per heavy atom. The highest BCUT2D eigenvalue weighted by Crippen LogP contribution is 2.22. The zero-order valence-electron chi connectivity index (χ0n) is 10.6. The van der Waals surface area contributed by atoms with Gasteiger partial charge in [0.25, 0.3) is 6.01 Å². The van der Waals surface area contributed by atoms with Crippen LogP contribution in [-0.2, 0) is 4.79 Å². The Bertz CT molecular complexity index is 618. The number of hydrogen-bond acceptors (Lipinski definition) is 5. The molecule has 1 aliphatic carbocycles. The molecule has 1 aromatic heterocycles. The van der Waals surface area contributed by atoms with Crippen LogP contribution in [0.3, 0.4) is 0 Å². The van der Waals surface area contributed by atoms with E-state index in [0.717, 1.165) is 12.8 Å². The van der Waals surface area contributed by atoms with Crippen LogP contribution in [0.25, 0.3) is 11.1 Å². The normalized spacial score (nSPS) is 16.3. The predicted molar refractivity (Wildman–Crippen MR) is 72.7 cm³/mol. The van der Waals surface area contributed by atoms with Crippen LogP contribution in [-0.4, -0.2) is 23.0 Å². The fraction of sp³-hybridized carbons (Fsp3) is 0.385. The van der Waals surface area contributed by atoms with Crippen molar-refractivity contribution in [3.63, 3.8) is 0 Å². The Morgan fingerprint density at radius 1 is 1.53 bits per heavy atom. The first-order valence-electron chi connectivity index (χ1n) is 6.35. The first-order chi connectivity index (χ1) is 9.11. The number of nitrogens with two attached hydrogens (primary N) is 1. The van der Waals surface area contributed by atoms with Crippen molar-refractivity contribution in [2.75, 3.05) is 11.1 Å². The van der Waals surface area contributed by atoms with Gasteiger partial charge in [0.15, 0.2) is 5.58 Å². The fourth-order valence-electron chi connectivity index (χ4n) is 1.81. The zero-order chi connectivity index (χ0) is 13.4. The van der Waals surface area contributed by atoms with Crippen molar-refractivity contribution < 1.29 is 9.21 Å². The number of aromatic nitrogens is 1. The summed E-state index contributed by atoms with van der Waals surface area (Å²) in [6, 6.07) is 5.56. The molecule has 6 nitrogen and oxygen atoms in total. The number of fused-ring (bicyclic) bond motifs is 1. The molecule has 1 unspecified atom stereocenters. The highest BCUT2D eigenvalue weighted by Gasteiger charge is 2.26. The molecule has 0 radical (unpaired) electrons. The molecule has 1 saturated carbocycles. The monoisotopic (exact) mass is 260 g/mol. The number of benzene rings is 1. The van der Waals surface area contributed by atoms with Crippen molar-refractivity contribution in [2.45, 2.75) is 31.8 Å². The van der Waals surface area contributed by atoms with E-state index in [2.05, 4.69) is 15.6 Å². The van der Waals surface area contributed by atoms with E-state index in [0.29, 0.717) is 28.8 Å². The lowest BCUT2D eigenvalue weighted by Crippen LogP contribution is -2.38. The zero-order valence-corrected chi connectivity index (χ0v) is 10.6. The van der Waals surface area contributed by atoms with Crippen molar-refractivity contribution in [1.82, 2.24) is 10.3 Å². The van der Waals surface area contributed by atoms with Gasteiger partial charge in [-0.05, 0) is 31.9 Å². The second kappa shape index (κ2) is 4.46. The van der Waals surface area contributed by atoms with Crippen molar-refractivity contribution >= 4 is 28.7 Å². The summed E-state index contributed by atoms with van der Waals surface area (Å²) in [7, 11) is 0. The Hall–Kier alpha value is -2.24. The number of amides is 1. The molecule has 0 spiro atoms. The fourth-order valence-corrected chi connectivity index (χ4v) is 1.81. The van der Waals surface area contributed by atoms with Gasteiger partial charge >= 0.3 is 0 Å². The number of nitrogens with one attached hydrogen (secondary N) is 2. The van der Waals surface area contributed by atoms with Gasteiger partial charge in [0.2, 0.25) is 5.91 Å². The quantitative estimate of drug-likeness (QED) is 0.724. The van der Waals surface area contributed by atoms with Gasteiger partial charge in [-0.3, -0.25) is 4.79 Å². The second-order valence-electron chi connectivity index (χ2n) is 4.90. The van der Waals surface area contributed by atoms with Crippen LogP contribution in [0.2, 0.25) is 0 Å². The van der Waals surface area contributed by atoms with Gasteiger partial charge in [0, 0.05) is 17.8 Å². The number of rotatable bonds is 4. The molecule has 100 valence electrons. The summed E-state index contributed by atoms with van der Waals surface area (Å²) in [6.07, 6.45) is 2.14. The highest BCUT2D eigenvalue weighted by molar-refractivity contribution is 5.85. The molecule has 19 heavy (non-hydrogen) atoms.